The second kappa shape index (κ2) is 6.27. The third kappa shape index (κ3) is 2.24. The number of nitrogens with two attached hydrogens (primary N) is 1. The zero-order valence-electron chi connectivity index (χ0n) is 16.4. The molecule has 0 aromatic heterocycles. The molecule has 0 aliphatic carbocycles. The summed E-state index contributed by atoms with van der Waals surface area (Å²) in [5.74, 6) is 0.861. The fraction of sp³-hybridized carbons (Fsp3) is 0.208. The number of hydrogen-bond donors (Lipinski definition) is 1. The van der Waals surface area contributed by atoms with E-state index in [1.165, 1.54) is 0 Å². The van der Waals surface area contributed by atoms with Crippen molar-refractivity contribution in [1.82, 2.24) is 0 Å². The molecule has 2 aliphatic heterocycles. The molecule has 0 amide bonds. The topological polar surface area (TPSA) is 64.8 Å². The molecule has 29 heavy (non-hydrogen) atoms. The summed E-state index contributed by atoms with van der Waals surface area (Å²) >= 11 is 0. The summed E-state index contributed by atoms with van der Waals surface area (Å²) in [5, 5.41) is 0. The number of nitrogens with zero attached hydrogens (tertiary/aromatic N) is 1. The van der Waals surface area contributed by atoms with E-state index in [0.29, 0.717) is 22.7 Å². The number of hydrogen-bond acceptors (Lipinski definition) is 5. The van der Waals surface area contributed by atoms with Gasteiger partial charge in [0.25, 0.3) is 0 Å². The number of rotatable bonds is 3. The van der Waals surface area contributed by atoms with Crippen LogP contribution < -0.4 is 15.4 Å². The van der Waals surface area contributed by atoms with Crippen LogP contribution in [0.5, 0.6) is 11.5 Å². The lowest BCUT2D eigenvalue weighted by molar-refractivity contribution is 0.0225. The van der Waals surface area contributed by atoms with Crippen LogP contribution in [0.1, 0.15) is 40.9 Å². The molecular formula is C24H22N2O3. The summed E-state index contributed by atoms with van der Waals surface area (Å²) in [6, 6.07) is 19.2. The highest BCUT2D eigenvalue weighted by Gasteiger charge is 2.53. The van der Waals surface area contributed by atoms with E-state index in [-0.39, 0.29) is 5.97 Å². The van der Waals surface area contributed by atoms with Crippen molar-refractivity contribution in [2.45, 2.75) is 19.4 Å². The number of carbonyl (C=O) groups is 1. The third-order valence-electron chi connectivity index (χ3n) is 5.91. The minimum atomic E-state index is -1.06. The molecule has 1 unspecified atom stereocenters. The molecule has 5 heteroatoms. The average molecular weight is 386 g/mol. The zero-order valence-corrected chi connectivity index (χ0v) is 16.4. The maximum atomic E-state index is 12.8. The summed E-state index contributed by atoms with van der Waals surface area (Å²) in [7, 11) is 0. The van der Waals surface area contributed by atoms with Gasteiger partial charge >= 0.3 is 5.97 Å². The molecule has 2 heterocycles. The van der Waals surface area contributed by atoms with Crippen LogP contribution in [-0.4, -0.2) is 19.1 Å². The lowest BCUT2D eigenvalue weighted by Gasteiger charge is -2.38. The van der Waals surface area contributed by atoms with Crippen molar-refractivity contribution in [1.29, 1.82) is 0 Å². The highest BCUT2D eigenvalue weighted by Crippen LogP contribution is 2.58. The van der Waals surface area contributed by atoms with Crippen molar-refractivity contribution in [3.8, 4) is 11.5 Å². The first kappa shape index (κ1) is 17.6. The zero-order chi connectivity index (χ0) is 20.2. The van der Waals surface area contributed by atoms with Crippen LogP contribution in [0.4, 0.5) is 11.4 Å². The van der Waals surface area contributed by atoms with Gasteiger partial charge in [0.05, 0.1) is 16.9 Å². The molecule has 0 fully saturated rings. The van der Waals surface area contributed by atoms with Crippen LogP contribution in [0.3, 0.4) is 0 Å². The second-order valence-corrected chi connectivity index (χ2v) is 7.26. The molecule has 1 spiro atoms. The molecule has 5 rings (SSSR count). The van der Waals surface area contributed by atoms with Gasteiger partial charge in [0.2, 0.25) is 0 Å². The van der Waals surface area contributed by atoms with Gasteiger partial charge < -0.3 is 20.1 Å². The Morgan fingerprint density at radius 3 is 2.34 bits per heavy atom. The Kier molecular flexibility index (Phi) is 3.81. The Balaban J connectivity index is 1.84. The molecule has 2 N–H and O–H groups in total. The van der Waals surface area contributed by atoms with E-state index in [4.69, 9.17) is 15.2 Å². The number of carbonyl (C=O) groups excluding carboxylic acids is 1. The highest BCUT2D eigenvalue weighted by atomic mass is 16.6. The van der Waals surface area contributed by atoms with Crippen molar-refractivity contribution in [3.05, 3.63) is 82.9 Å². The molecule has 146 valence electrons. The molecule has 3 aromatic carbocycles. The summed E-state index contributed by atoms with van der Waals surface area (Å²) in [4.78, 5) is 15.0. The maximum Gasteiger partial charge on any atom is 0.340 e. The lowest BCUT2D eigenvalue weighted by Crippen LogP contribution is -2.33. The first-order valence-corrected chi connectivity index (χ1v) is 9.89. The molecule has 1 atom stereocenters. The first-order valence-electron chi connectivity index (χ1n) is 9.89. The van der Waals surface area contributed by atoms with Crippen LogP contribution in [0, 0.1) is 0 Å². The van der Waals surface area contributed by atoms with Crippen molar-refractivity contribution in [2.75, 3.05) is 23.7 Å². The van der Waals surface area contributed by atoms with E-state index in [0.717, 1.165) is 35.5 Å². The van der Waals surface area contributed by atoms with Gasteiger partial charge in [0.15, 0.2) is 11.4 Å². The van der Waals surface area contributed by atoms with Gasteiger partial charge in [-0.1, -0.05) is 36.4 Å². The minimum Gasteiger partial charge on any atom is -0.454 e. The Morgan fingerprint density at radius 1 is 0.897 bits per heavy atom. The van der Waals surface area contributed by atoms with E-state index >= 15 is 0 Å². The number of fused-ring (bicyclic) bond motifs is 6. The van der Waals surface area contributed by atoms with Gasteiger partial charge in [0.1, 0.15) is 5.75 Å². The smallest absolute Gasteiger partial charge is 0.340 e. The molecule has 5 nitrogen and oxygen atoms in total. The predicted octanol–water partition coefficient (Wildman–Crippen LogP) is 4.68. The lowest BCUT2D eigenvalue weighted by atomic mass is 9.77. The SMILES string of the molecule is CCN(CC)c1ccc2c(c1N)Oc1ccccc1C21OC(=O)c2ccccc21. The number of nitrogen functional groups attached to an aromatic ring is 1. The summed E-state index contributed by atoms with van der Waals surface area (Å²) in [6.07, 6.45) is 0. The molecule has 0 radical (unpaired) electrons. The highest BCUT2D eigenvalue weighted by molar-refractivity contribution is 5.97. The predicted molar refractivity (Wildman–Crippen MR) is 113 cm³/mol. The Labute approximate surface area is 169 Å². The summed E-state index contributed by atoms with van der Waals surface area (Å²) in [5.41, 5.74) is 9.97. The number of ether oxygens (including phenoxy) is 2. The van der Waals surface area contributed by atoms with Gasteiger partial charge in [0, 0.05) is 29.8 Å². The van der Waals surface area contributed by atoms with Gasteiger partial charge in [-0.15, -0.1) is 0 Å². The minimum absolute atomic E-state index is 0.338. The van der Waals surface area contributed by atoms with Gasteiger partial charge in [-0.05, 0) is 38.1 Å². The fourth-order valence-electron chi connectivity index (χ4n) is 4.54. The molecule has 0 bridgehead atoms. The Morgan fingerprint density at radius 2 is 1.59 bits per heavy atom. The monoisotopic (exact) mass is 386 g/mol. The molecule has 0 saturated carbocycles. The standard InChI is InChI=1S/C24H22N2O3/c1-3-26(4-2)19-14-13-18-22(21(19)25)28-20-12-8-7-11-17(20)24(18)16-10-6-5-9-15(16)23(27)29-24/h5-14H,3-4,25H2,1-2H3. The Hall–Kier alpha value is -3.47. The normalized spacial score (nSPS) is 18.5. The quantitative estimate of drug-likeness (QED) is 0.523. The van der Waals surface area contributed by atoms with Crippen LogP contribution in [0.15, 0.2) is 60.7 Å². The van der Waals surface area contributed by atoms with Gasteiger partial charge in [-0.2, -0.15) is 0 Å². The van der Waals surface area contributed by atoms with E-state index in [2.05, 4.69) is 18.7 Å². The first-order chi connectivity index (χ1) is 14.1. The van der Waals surface area contributed by atoms with Crippen molar-refractivity contribution >= 4 is 17.3 Å². The van der Waals surface area contributed by atoms with Crippen LogP contribution in [-0.2, 0) is 10.3 Å². The van der Waals surface area contributed by atoms with Crippen LogP contribution >= 0.6 is 0 Å². The van der Waals surface area contributed by atoms with E-state index in [9.17, 15) is 4.79 Å². The van der Waals surface area contributed by atoms with Crippen LogP contribution in [0.2, 0.25) is 0 Å². The summed E-state index contributed by atoms with van der Waals surface area (Å²) in [6.45, 7) is 5.85. The van der Waals surface area contributed by atoms with E-state index in [1.54, 1.807) is 6.07 Å². The molecule has 0 saturated heterocycles. The van der Waals surface area contributed by atoms with E-state index in [1.807, 2.05) is 54.6 Å². The van der Waals surface area contributed by atoms with Gasteiger partial charge in [-0.3, -0.25) is 0 Å². The number of benzene rings is 3. The van der Waals surface area contributed by atoms with Crippen molar-refractivity contribution < 1.29 is 14.3 Å². The molecule has 3 aromatic rings. The number of anilines is 2. The third-order valence-corrected chi connectivity index (χ3v) is 5.91. The molecular weight excluding hydrogens is 364 g/mol. The van der Waals surface area contributed by atoms with Crippen molar-refractivity contribution in [3.63, 3.8) is 0 Å². The largest absolute Gasteiger partial charge is 0.454 e. The Bertz CT molecular complexity index is 1140. The van der Waals surface area contributed by atoms with Crippen molar-refractivity contribution in [2.24, 2.45) is 0 Å². The second-order valence-electron chi connectivity index (χ2n) is 7.26. The summed E-state index contributed by atoms with van der Waals surface area (Å²) < 4.78 is 12.4. The molecule has 2 aliphatic rings. The fourth-order valence-corrected chi connectivity index (χ4v) is 4.54. The van der Waals surface area contributed by atoms with Crippen LogP contribution in [0.25, 0.3) is 0 Å². The van der Waals surface area contributed by atoms with Gasteiger partial charge in [-0.25, -0.2) is 4.79 Å². The van der Waals surface area contributed by atoms with E-state index < -0.39 is 5.60 Å². The number of esters is 1. The number of para-hydroxylation sites is 1. The maximum absolute atomic E-state index is 12.8. The average Bonchev–Trinajstić information content (AvgIpc) is 3.05.